The van der Waals surface area contributed by atoms with Crippen LogP contribution in [0.15, 0.2) is 12.1 Å². The zero-order valence-electron chi connectivity index (χ0n) is 15.5. The van der Waals surface area contributed by atoms with Crippen LogP contribution < -0.4 is 5.43 Å². The molecule has 7 nitrogen and oxygen atoms in total. The maximum absolute atomic E-state index is 14.1. The molecule has 1 aromatic rings. The highest BCUT2D eigenvalue weighted by atomic mass is 19.2. The Kier molecular flexibility index (Phi) is 6.29. The van der Waals surface area contributed by atoms with Crippen molar-refractivity contribution in [2.45, 2.75) is 52.7 Å². The number of aldehydes is 1. The Labute approximate surface area is 150 Å². The number of nitrogens with one attached hydrogen (secondary N) is 1. The summed E-state index contributed by atoms with van der Waals surface area (Å²) in [6.07, 6.45) is -2.21. The molecule has 0 saturated carbocycles. The van der Waals surface area contributed by atoms with Crippen LogP contribution in [-0.2, 0) is 9.47 Å². The fourth-order valence-corrected chi connectivity index (χ4v) is 1.64. The highest BCUT2D eigenvalue weighted by Gasteiger charge is 2.32. The number of nitrogens with zero attached hydrogens (tertiary/aromatic N) is 1. The van der Waals surface area contributed by atoms with Gasteiger partial charge in [0, 0.05) is 0 Å². The lowest BCUT2D eigenvalue weighted by Gasteiger charge is -2.29. The first-order chi connectivity index (χ1) is 11.7. The molecular formula is C17H22F2N2O5. The van der Waals surface area contributed by atoms with Gasteiger partial charge in [0.2, 0.25) is 0 Å². The summed E-state index contributed by atoms with van der Waals surface area (Å²) >= 11 is 0. The number of imide groups is 1. The van der Waals surface area contributed by atoms with Crippen molar-refractivity contribution in [1.29, 1.82) is 0 Å². The van der Waals surface area contributed by atoms with Gasteiger partial charge in [0.25, 0.3) is 0 Å². The van der Waals surface area contributed by atoms with E-state index >= 15 is 0 Å². The van der Waals surface area contributed by atoms with Gasteiger partial charge in [0.05, 0.1) is 11.3 Å². The molecule has 2 amide bonds. The van der Waals surface area contributed by atoms with Crippen LogP contribution in [0.1, 0.15) is 51.9 Å². The topological polar surface area (TPSA) is 84.9 Å². The summed E-state index contributed by atoms with van der Waals surface area (Å²) in [7, 11) is 0. The molecule has 0 atom stereocenters. The Balaban J connectivity index is 3.21. The van der Waals surface area contributed by atoms with Crippen LogP contribution in [0.25, 0.3) is 0 Å². The smallest absolute Gasteiger partial charge is 0.439 e. The number of anilines is 1. The minimum atomic E-state index is -1.44. The molecule has 0 unspecified atom stereocenters. The monoisotopic (exact) mass is 372 g/mol. The Hall–Kier alpha value is -2.71. The van der Waals surface area contributed by atoms with Crippen LogP contribution in [0.3, 0.4) is 0 Å². The van der Waals surface area contributed by atoms with E-state index in [4.69, 9.17) is 9.47 Å². The summed E-state index contributed by atoms with van der Waals surface area (Å²) in [5, 5.41) is 0.287. The number of hydrazine groups is 1. The van der Waals surface area contributed by atoms with Crippen molar-refractivity contribution < 1.29 is 32.6 Å². The molecule has 144 valence electrons. The largest absolute Gasteiger partial charge is 0.442 e. The van der Waals surface area contributed by atoms with Gasteiger partial charge in [-0.2, -0.15) is 0 Å². The first kappa shape index (κ1) is 21.3. The number of rotatable bonds is 3. The number of amides is 2. The minimum Gasteiger partial charge on any atom is -0.442 e. The zero-order chi connectivity index (χ0) is 20.3. The second kappa shape index (κ2) is 7.67. The van der Waals surface area contributed by atoms with Crippen molar-refractivity contribution in [3.05, 3.63) is 29.3 Å². The van der Waals surface area contributed by atoms with E-state index in [1.54, 1.807) is 41.5 Å². The molecule has 0 spiro atoms. The molecule has 1 N–H and O–H groups in total. The lowest BCUT2D eigenvalue weighted by atomic mass is 10.2. The molecule has 0 bridgehead atoms. The fourth-order valence-electron chi connectivity index (χ4n) is 1.64. The standard InChI is InChI=1S/C17H22F2N2O5/c1-16(2,3)25-14(23)21(15(24)26-17(4,5)6)20-11-8-7-10(9-22)12(18)13(11)19/h7-9,20H,1-6H3. The average Bonchev–Trinajstić information content (AvgIpc) is 2.45. The van der Waals surface area contributed by atoms with Gasteiger partial charge < -0.3 is 9.47 Å². The van der Waals surface area contributed by atoms with Crippen LogP contribution in [0, 0.1) is 11.6 Å². The van der Waals surface area contributed by atoms with Gasteiger partial charge in [-0.05, 0) is 53.7 Å². The van der Waals surface area contributed by atoms with Gasteiger partial charge >= 0.3 is 12.2 Å². The Morgan fingerprint density at radius 3 is 1.81 bits per heavy atom. The Morgan fingerprint density at radius 2 is 1.42 bits per heavy atom. The second-order valence-corrected chi connectivity index (χ2v) is 7.36. The number of hydrogen-bond donors (Lipinski definition) is 1. The summed E-state index contributed by atoms with van der Waals surface area (Å²) in [5.74, 6) is -2.86. The van der Waals surface area contributed by atoms with Crippen molar-refractivity contribution in [1.82, 2.24) is 5.01 Å². The lowest BCUT2D eigenvalue weighted by molar-refractivity contribution is 0.00634. The van der Waals surface area contributed by atoms with Crippen LogP contribution in [0.4, 0.5) is 24.1 Å². The molecule has 26 heavy (non-hydrogen) atoms. The summed E-state index contributed by atoms with van der Waals surface area (Å²) in [4.78, 5) is 35.2. The highest BCUT2D eigenvalue weighted by Crippen LogP contribution is 2.22. The Bertz CT molecular complexity index is 680. The molecule has 0 heterocycles. The molecule has 1 aromatic carbocycles. The molecule has 9 heteroatoms. The zero-order valence-corrected chi connectivity index (χ0v) is 15.5. The molecular weight excluding hydrogens is 350 g/mol. The number of ether oxygens (including phenoxy) is 2. The predicted molar refractivity (Wildman–Crippen MR) is 89.7 cm³/mol. The lowest BCUT2D eigenvalue weighted by Crippen LogP contribution is -2.46. The van der Waals surface area contributed by atoms with E-state index in [0.717, 1.165) is 12.1 Å². The van der Waals surface area contributed by atoms with E-state index in [0.29, 0.717) is 0 Å². The first-order valence-corrected chi connectivity index (χ1v) is 7.71. The summed E-state index contributed by atoms with van der Waals surface area (Å²) in [6, 6.07) is 2.00. The third kappa shape index (κ3) is 5.98. The van der Waals surface area contributed by atoms with E-state index in [9.17, 15) is 23.2 Å². The summed E-state index contributed by atoms with van der Waals surface area (Å²) < 4.78 is 38.0. The SMILES string of the molecule is CC(C)(C)OC(=O)N(Nc1ccc(C=O)c(F)c1F)C(=O)OC(C)(C)C. The quantitative estimate of drug-likeness (QED) is 0.630. The molecule has 0 aliphatic rings. The number of halogens is 2. The van der Waals surface area contributed by atoms with Crippen molar-refractivity contribution in [2.75, 3.05) is 5.43 Å². The maximum Gasteiger partial charge on any atom is 0.439 e. The third-order valence-corrected chi connectivity index (χ3v) is 2.62. The molecule has 0 aliphatic carbocycles. The Morgan fingerprint density at radius 1 is 0.962 bits per heavy atom. The molecule has 0 aromatic heterocycles. The van der Waals surface area contributed by atoms with Crippen molar-refractivity contribution >= 4 is 24.2 Å². The fraction of sp³-hybridized carbons (Fsp3) is 0.471. The van der Waals surface area contributed by atoms with Crippen molar-refractivity contribution in [3.8, 4) is 0 Å². The van der Waals surface area contributed by atoms with E-state index in [2.05, 4.69) is 5.43 Å². The van der Waals surface area contributed by atoms with Gasteiger partial charge in [-0.3, -0.25) is 10.2 Å². The number of benzene rings is 1. The van der Waals surface area contributed by atoms with E-state index in [-0.39, 0.29) is 11.3 Å². The van der Waals surface area contributed by atoms with Gasteiger partial charge in [-0.1, -0.05) is 0 Å². The van der Waals surface area contributed by atoms with Crippen LogP contribution in [0.5, 0.6) is 0 Å². The van der Waals surface area contributed by atoms with E-state index in [1.807, 2.05) is 0 Å². The van der Waals surface area contributed by atoms with Gasteiger partial charge in [0.15, 0.2) is 17.9 Å². The number of carbonyl (C=O) groups is 3. The average molecular weight is 372 g/mol. The molecule has 0 fully saturated rings. The molecule has 0 saturated heterocycles. The van der Waals surface area contributed by atoms with Crippen molar-refractivity contribution in [3.63, 3.8) is 0 Å². The second-order valence-electron chi connectivity index (χ2n) is 7.36. The molecule has 0 radical (unpaired) electrons. The van der Waals surface area contributed by atoms with E-state index in [1.165, 1.54) is 0 Å². The first-order valence-electron chi connectivity index (χ1n) is 7.71. The predicted octanol–water partition coefficient (Wildman–Crippen LogP) is 4.28. The van der Waals surface area contributed by atoms with Gasteiger partial charge in [0.1, 0.15) is 11.2 Å². The van der Waals surface area contributed by atoms with Gasteiger partial charge in [-0.15, -0.1) is 5.01 Å². The minimum absolute atomic E-state index is 0.141. The van der Waals surface area contributed by atoms with Crippen LogP contribution >= 0.6 is 0 Å². The third-order valence-electron chi connectivity index (χ3n) is 2.62. The number of carbonyl (C=O) groups excluding carboxylic acids is 3. The highest BCUT2D eigenvalue weighted by molar-refractivity contribution is 5.90. The molecule has 0 aliphatic heterocycles. The number of hydrogen-bond acceptors (Lipinski definition) is 6. The summed E-state index contributed by atoms with van der Waals surface area (Å²) in [6.45, 7) is 9.40. The molecule has 1 rings (SSSR count). The summed E-state index contributed by atoms with van der Waals surface area (Å²) in [5.41, 5.74) is -0.827. The normalized spacial score (nSPS) is 11.5. The maximum atomic E-state index is 14.1. The van der Waals surface area contributed by atoms with Crippen molar-refractivity contribution in [2.24, 2.45) is 0 Å². The van der Waals surface area contributed by atoms with Gasteiger partial charge in [-0.25, -0.2) is 18.4 Å². The van der Waals surface area contributed by atoms with Crippen LogP contribution in [0.2, 0.25) is 0 Å². The van der Waals surface area contributed by atoms with E-state index < -0.39 is 46.3 Å². The van der Waals surface area contributed by atoms with Crippen LogP contribution in [-0.4, -0.2) is 34.7 Å².